The third kappa shape index (κ3) is 2.46. The Morgan fingerprint density at radius 2 is 2.12 bits per heavy atom. The Hall–Kier alpha value is -2.07. The van der Waals surface area contributed by atoms with Crippen molar-refractivity contribution in [1.82, 2.24) is 10.2 Å². The molecule has 0 bridgehead atoms. The van der Waals surface area contributed by atoms with Gasteiger partial charge < -0.3 is 20.5 Å². The number of thioether (sulfide) groups is 1. The normalized spacial score (nSPS) is 28.2. The number of hydrogen-bond acceptors (Lipinski definition) is 7. The van der Waals surface area contributed by atoms with E-state index >= 15 is 0 Å². The van der Waals surface area contributed by atoms with E-state index in [1.165, 1.54) is 28.0 Å². The van der Waals surface area contributed by atoms with E-state index in [-0.39, 0.29) is 5.71 Å². The number of thiophene rings is 1. The van der Waals surface area contributed by atoms with Gasteiger partial charge in [-0.1, -0.05) is 11.2 Å². The molecule has 0 aliphatic carbocycles. The number of fused-ring (bicyclic) bond motifs is 1. The number of hydrogen-bond donors (Lipinski definition) is 3. The predicted octanol–water partition coefficient (Wildman–Crippen LogP) is 0.558. The number of oxime groups is 1. The number of rotatable bonds is 4. The van der Waals surface area contributed by atoms with Crippen molar-refractivity contribution in [2.75, 3.05) is 0 Å². The highest BCUT2D eigenvalue weighted by Crippen LogP contribution is 2.50. The Kier molecular flexibility index (Phi) is 4.04. The molecule has 0 saturated carbocycles. The molecular weight excluding hydrogens is 354 g/mol. The standard InChI is InChI=1S/C14H15N3O5S2/c1-14(2)9(13(20)21)17-11(19)8(12(17)24-14)15-10(18)7(16-22)6-4-3-5-23-6/h3-5,8-9,12,22H,1-2H3,(H,15,18)(H,20,21)/b16-7+/t8-,9+,12-/m1/s1. The van der Waals surface area contributed by atoms with Crippen LogP contribution in [0.15, 0.2) is 22.7 Å². The molecule has 128 valence electrons. The lowest BCUT2D eigenvalue weighted by atomic mass is 9.96. The number of amides is 2. The molecule has 2 aliphatic heterocycles. The number of carboxylic acid groups (broad SMARTS) is 1. The van der Waals surface area contributed by atoms with Crippen LogP contribution >= 0.6 is 23.1 Å². The van der Waals surface area contributed by atoms with Gasteiger partial charge in [0, 0.05) is 4.75 Å². The summed E-state index contributed by atoms with van der Waals surface area (Å²) < 4.78 is -0.659. The molecule has 0 spiro atoms. The van der Waals surface area contributed by atoms with Crippen molar-refractivity contribution in [3.63, 3.8) is 0 Å². The number of nitrogens with one attached hydrogen (secondary N) is 1. The van der Waals surface area contributed by atoms with Crippen molar-refractivity contribution in [2.24, 2.45) is 5.16 Å². The van der Waals surface area contributed by atoms with Gasteiger partial charge in [0.2, 0.25) is 5.91 Å². The fourth-order valence-electron chi connectivity index (χ4n) is 2.97. The minimum atomic E-state index is -1.07. The Morgan fingerprint density at radius 1 is 1.42 bits per heavy atom. The summed E-state index contributed by atoms with van der Waals surface area (Å²) >= 11 is 2.57. The lowest BCUT2D eigenvalue weighted by molar-refractivity contribution is -0.160. The zero-order valence-electron chi connectivity index (χ0n) is 12.8. The van der Waals surface area contributed by atoms with Crippen LogP contribution in [0.2, 0.25) is 0 Å². The zero-order valence-corrected chi connectivity index (χ0v) is 14.4. The fourth-order valence-corrected chi connectivity index (χ4v) is 5.31. The Labute approximate surface area is 145 Å². The first-order chi connectivity index (χ1) is 11.3. The third-order valence-corrected chi connectivity index (χ3v) is 6.48. The van der Waals surface area contributed by atoms with Gasteiger partial charge in [-0.05, 0) is 25.3 Å². The first-order valence-electron chi connectivity index (χ1n) is 7.07. The van der Waals surface area contributed by atoms with Crippen LogP contribution in [0.5, 0.6) is 0 Å². The molecule has 3 atom stereocenters. The van der Waals surface area contributed by atoms with Crippen LogP contribution in [0.3, 0.4) is 0 Å². The van der Waals surface area contributed by atoms with E-state index in [0.29, 0.717) is 4.88 Å². The van der Waals surface area contributed by atoms with Crippen LogP contribution in [0.1, 0.15) is 18.7 Å². The highest BCUT2D eigenvalue weighted by molar-refractivity contribution is 8.01. The molecule has 3 rings (SSSR count). The van der Waals surface area contributed by atoms with Crippen LogP contribution in [0.25, 0.3) is 0 Å². The zero-order chi connectivity index (χ0) is 17.6. The summed E-state index contributed by atoms with van der Waals surface area (Å²) in [5, 5.41) is 25.3. The minimum absolute atomic E-state index is 0.173. The van der Waals surface area contributed by atoms with Gasteiger partial charge in [0.1, 0.15) is 17.5 Å². The molecule has 8 nitrogen and oxygen atoms in total. The van der Waals surface area contributed by atoms with Crippen molar-refractivity contribution in [3.05, 3.63) is 22.4 Å². The van der Waals surface area contributed by atoms with Gasteiger partial charge in [-0.3, -0.25) is 9.59 Å². The smallest absolute Gasteiger partial charge is 0.327 e. The number of β-lactam (4-membered cyclic amide) rings is 1. The average molecular weight is 369 g/mol. The molecule has 0 unspecified atom stereocenters. The lowest BCUT2D eigenvalue weighted by Crippen LogP contribution is -2.71. The topological polar surface area (TPSA) is 119 Å². The molecule has 0 aromatic carbocycles. The number of carboxylic acids is 1. The van der Waals surface area contributed by atoms with E-state index in [9.17, 15) is 19.5 Å². The van der Waals surface area contributed by atoms with Crippen molar-refractivity contribution in [2.45, 2.75) is 36.1 Å². The van der Waals surface area contributed by atoms with Crippen molar-refractivity contribution < 1.29 is 24.7 Å². The fraction of sp³-hybridized carbons (Fsp3) is 0.429. The number of carbonyl (C=O) groups is 3. The average Bonchev–Trinajstić information content (AvgIpc) is 3.10. The molecule has 2 amide bonds. The molecule has 24 heavy (non-hydrogen) atoms. The minimum Gasteiger partial charge on any atom is -0.480 e. The van der Waals surface area contributed by atoms with E-state index in [1.807, 2.05) is 0 Å². The van der Waals surface area contributed by atoms with Crippen molar-refractivity contribution in [1.29, 1.82) is 0 Å². The molecule has 3 heterocycles. The van der Waals surface area contributed by atoms with Crippen LogP contribution < -0.4 is 5.32 Å². The molecule has 3 N–H and O–H groups in total. The highest BCUT2D eigenvalue weighted by Gasteiger charge is 2.64. The number of aliphatic carboxylic acids is 1. The second-order valence-corrected chi connectivity index (χ2v) is 8.69. The van der Waals surface area contributed by atoms with Gasteiger partial charge in [0.15, 0.2) is 5.71 Å². The summed E-state index contributed by atoms with van der Waals surface area (Å²) in [7, 11) is 0. The maximum absolute atomic E-state index is 12.3. The summed E-state index contributed by atoms with van der Waals surface area (Å²) in [5.74, 6) is -2.18. The monoisotopic (exact) mass is 369 g/mol. The lowest BCUT2D eigenvalue weighted by Gasteiger charge is -2.43. The van der Waals surface area contributed by atoms with Crippen molar-refractivity contribution in [3.8, 4) is 0 Å². The first-order valence-corrected chi connectivity index (χ1v) is 8.83. The second-order valence-electron chi connectivity index (χ2n) is 5.98. The maximum atomic E-state index is 12.3. The summed E-state index contributed by atoms with van der Waals surface area (Å²) in [6.45, 7) is 3.51. The van der Waals surface area contributed by atoms with Gasteiger partial charge in [-0.2, -0.15) is 0 Å². The largest absolute Gasteiger partial charge is 0.480 e. The molecule has 0 radical (unpaired) electrons. The van der Waals surface area contributed by atoms with E-state index in [2.05, 4.69) is 10.5 Å². The molecule has 2 aliphatic rings. The van der Waals surface area contributed by atoms with E-state index < -0.39 is 40.0 Å². The van der Waals surface area contributed by atoms with Gasteiger partial charge in [0.25, 0.3) is 5.91 Å². The maximum Gasteiger partial charge on any atom is 0.327 e. The Bertz CT molecular complexity index is 731. The summed E-state index contributed by atoms with van der Waals surface area (Å²) in [6.07, 6.45) is 0. The van der Waals surface area contributed by atoms with Crippen LogP contribution in [0, 0.1) is 0 Å². The summed E-state index contributed by atoms with van der Waals surface area (Å²) in [6, 6.07) is 1.57. The van der Waals surface area contributed by atoms with E-state index in [4.69, 9.17) is 5.21 Å². The molecule has 2 saturated heterocycles. The van der Waals surface area contributed by atoms with Gasteiger partial charge >= 0.3 is 5.97 Å². The Balaban J connectivity index is 1.76. The van der Waals surface area contributed by atoms with Gasteiger partial charge in [0.05, 0.1) is 4.88 Å². The van der Waals surface area contributed by atoms with Crippen molar-refractivity contribution >= 4 is 46.6 Å². The summed E-state index contributed by atoms with van der Waals surface area (Å²) in [5.41, 5.74) is -0.173. The molecular formula is C14H15N3O5S2. The van der Waals surface area contributed by atoms with Crippen LogP contribution in [-0.2, 0) is 14.4 Å². The summed E-state index contributed by atoms with van der Waals surface area (Å²) in [4.78, 5) is 37.8. The highest BCUT2D eigenvalue weighted by atomic mass is 32.2. The van der Waals surface area contributed by atoms with Gasteiger partial charge in [-0.15, -0.1) is 23.1 Å². The first kappa shape index (κ1) is 16.8. The van der Waals surface area contributed by atoms with Crippen LogP contribution in [0.4, 0.5) is 0 Å². The second kappa shape index (κ2) is 5.78. The van der Waals surface area contributed by atoms with E-state index in [0.717, 1.165) is 0 Å². The van der Waals surface area contributed by atoms with Gasteiger partial charge in [-0.25, -0.2) is 4.79 Å². The number of carbonyl (C=O) groups excluding carboxylic acids is 2. The number of nitrogens with zero attached hydrogens (tertiary/aromatic N) is 2. The molecule has 1 aromatic rings. The molecule has 1 aromatic heterocycles. The third-order valence-electron chi connectivity index (χ3n) is 4.03. The van der Waals surface area contributed by atoms with Crippen LogP contribution in [-0.4, -0.2) is 60.9 Å². The predicted molar refractivity (Wildman–Crippen MR) is 88.3 cm³/mol. The molecule has 10 heteroatoms. The molecule has 2 fully saturated rings. The van der Waals surface area contributed by atoms with E-state index in [1.54, 1.807) is 31.4 Å². The quantitative estimate of drug-likeness (QED) is 0.309. The Morgan fingerprint density at radius 3 is 2.67 bits per heavy atom. The SMILES string of the molecule is CC1(C)S[C@@H]2[C@H](NC(=O)/C(=N/O)c3cccs3)C(=O)N2[C@H]1C(=O)O.